The molecule has 0 bridgehead atoms. The molecule has 3 N–H and O–H groups in total. The first-order chi connectivity index (χ1) is 16.2. The predicted molar refractivity (Wildman–Crippen MR) is 128 cm³/mol. The number of rotatable bonds is 9. The summed E-state index contributed by atoms with van der Waals surface area (Å²) in [6.45, 7) is 3.98. The van der Waals surface area contributed by atoms with Crippen LogP contribution >= 0.6 is 0 Å². The Labute approximate surface area is 199 Å². The summed E-state index contributed by atoms with van der Waals surface area (Å²) in [5, 5.41) is 14.7. The van der Waals surface area contributed by atoms with Crippen LogP contribution in [0.1, 0.15) is 56.6 Å². The smallest absolute Gasteiger partial charge is 0.407 e. The lowest BCUT2D eigenvalue weighted by Crippen LogP contribution is -2.54. The van der Waals surface area contributed by atoms with Gasteiger partial charge in [0.25, 0.3) is 0 Å². The Morgan fingerprint density at radius 2 is 1.62 bits per heavy atom. The highest BCUT2D eigenvalue weighted by Crippen LogP contribution is 2.44. The molecule has 1 saturated carbocycles. The lowest BCUT2D eigenvalue weighted by Gasteiger charge is -2.34. The van der Waals surface area contributed by atoms with E-state index in [1.54, 1.807) is 13.8 Å². The van der Waals surface area contributed by atoms with Gasteiger partial charge in [0.05, 0.1) is 6.42 Å². The van der Waals surface area contributed by atoms with Crippen LogP contribution in [0.4, 0.5) is 4.79 Å². The maximum absolute atomic E-state index is 12.9. The average Bonchev–Trinajstić information content (AvgIpc) is 3.07. The Morgan fingerprint density at radius 1 is 1.03 bits per heavy atom. The number of carboxylic acids is 1. The quantitative estimate of drug-likeness (QED) is 0.513. The molecule has 1 atom stereocenters. The minimum absolute atomic E-state index is 0.0500. The molecular formula is C27H32N2O5. The van der Waals surface area contributed by atoms with Gasteiger partial charge < -0.3 is 20.5 Å². The molecule has 2 aromatic carbocycles. The van der Waals surface area contributed by atoms with Crippen LogP contribution in [0.5, 0.6) is 0 Å². The summed E-state index contributed by atoms with van der Waals surface area (Å²) >= 11 is 0. The fraction of sp³-hybridized carbons (Fsp3) is 0.444. The van der Waals surface area contributed by atoms with E-state index in [-0.39, 0.29) is 37.3 Å². The van der Waals surface area contributed by atoms with Gasteiger partial charge in [0, 0.05) is 12.5 Å². The first-order valence-electron chi connectivity index (χ1n) is 11.9. The van der Waals surface area contributed by atoms with Crippen LogP contribution in [0.15, 0.2) is 48.5 Å². The molecule has 0 spiro atoms. The van der Waals surface area contributed by atoms with E-state index in [2.05, 4.69) is 34.9 Å². The first-order valence-corrected chi connectivity index (χ1v) is 11.9. The molecule has 1 fully saturated rings. The minimum Gasteiger partial charge on any atom is -0.481 e. The van der Waals surface area contributed by atoms with E-state index in [0.29, 0.717) is 0 Å². The Balaban J connectivity index is 1.38. The fourth-order valence-corrected chi connectivity index (χ4v) is 4.85. The van der Waals surface area contributed by atoms with E-state index in [9.17, 15) is 14.4 Å². The third-order valence-electron chi connectivity index (χ3n) is 6.89. The van der Waals surface area contributed by atoms with Crippen LogP contribution in [0.2, 0.25) is 0 Å². The van der Waals surface area contributed by atoms with Gasteiger partial charge in [0.1, 0.15) is 12.6 Å². The highest BCUT2D eigenvalue weighted by molar-refractivity contribution is 5.86. The van der Waals surface area contributed by atoms with Crippen LogP contribution < -0.4 is 10.6 Å². The van der Waals surface area contributed by atoms with Crippen molar-refractivity contribution in [2.75, 3.05) is 13.2 Å². The number of carbonyl (C=O) groups excluding carboxylic acids is 2. The Hall–Kier alpha value is -3.35. The molecule has 0 radical (unpaired) electrons. The number of hydrogen-bond donors (Lipinski definition) is 3. The van der Waals surface area contributed by atoms with Gasteiger partial charge in [-0.3, -0.25) is 9.59 Å². The number of alkyl carbamates (subject to hydrolysis) is 1. The topological polar surface area (TPSA) is 105 Å². The number of carbonyl (C=O) groups is 3. The second kappa shape index (κ2) is 9.87. The molecule has 4 rings (SSSR count). The third-order valence-corrected chi connectivity index (χ3v) is 6.89. The van der Waals surface area contributed by atoms with Crippen molar-refractivity contribution in [3.63, 3.8) is 0 Å². The first kappa shape index (κ1) is 23.8. The van der Waals surface area contributed by atoms with Crippen LogP contribution in [0.3, 0.4) is 0 Å². The van der Waals surface area contributed by atoms with Crippen molar-refractivity contribution in [2.24, 2.45) is 11.3 Å². The molecule has 7 heteroatoms. The van der Waals surface area contributed by atoms with Crippen LogP contribution in [-0.4, -0.2) is 42.3 Å². The fourth-order valence-electron chi connectivity index (χ4n) is 4.85. The summed E-state index contributed by atoms with van der Waals surface area (Å²) in [5.74, 6) is -1.20. The van der Waals surface area contributed by atoms with Crippen molar-refractivity contribution in [1.82, 2.24) is 10.6 Å². The second-order valence-corrected chi connectivity index (χ2v) is 10.1. The monoisotopic (exact) mass is 464 g/mol. The van der Waals surface area contributed by atoms with E-state index in [4.69, 9.17) is 9.84 Å². The largest absolute Gasteiger partial charge is 0.481 e. The van der Waals surface area contributed by atoms with Crippen molar-refractivity contribution in [3.05, 3.63) is 59.7 Å². The summed E-state index contributed by atoms with van der Waals surface area (Å²) in [6.07, 6.45) is 2.08. The molecule has 2 aliphatic rings. The lowest BCUT2D eigenvalue weighted by molar-refractivity contribution is -0.139. The summed E-state index contributed by atoms with van der Waals surface area (Å²) in [4.78, 5) is 36.7. The molecule has 2 aromatic rings. The standard InChI is InChI=1S/C27H32N2O5/c1-27(2,14-23(30)31)16-28-25(32)24(17-8-7-9-17)29-26(33)34-15-22-20-12-5-3-10-18(20)19-11-4-6-13-21(19)22/h3-6,10-13,17,22,24H,7-9,14-16H2,1-2H3,(H,28,32)(H,29,33)(H,30,31). The van der Waals surface area contributed by atoms with E-state index >= 15 is 0 Å². The number of fused-ring (bicyclic) bond motifs is 3. The number of aliphatic carboxylic acids is 1. The normalized spacial score (nSPS) is 16.1. The molecule has 34 heavy (non-hydrogen) atoms. The Bertz CT molecular complexity index is 1030. The van der Waals surface area contributed by atoms with E-state index in [1.165, 1.54) is 0 Å². The van der Waals surface area contributed by atoms with Gasteiger partial charge in [-0.2, -0.15) is 0 Å². The molecule has 0 saturated heterocycles. The van der Waals surface area contributed by atoms with Crippen LogP contribution in [0.25, 0.3) is 11.1 Å². The van der Waals surface area contributed by atoms with Gasteiger partial charge in [-0.25, -0.2) is 4.79 Å². The molecule has 0 aromatic heterocycles. The zero-order valence-corrected chi connectivity index (χ0v) is 19.7. The Morgan fingerprint density at radius 3 is 2.15 bits per heavy atom. The summed E-state index contributed by atoms with van der Waals surface area (Å²) in [5.41, 5.74) is 3.98. The zero-order valence-electron chi connectivity index (χ0n) is 19.7. The molecule has 2 amide bonds. The number of ether oxygens (including phenoxy) is 1. The maximum Gasteiger partial charge on any atom is 0.407 e. The average molecular weight is 465 g/mol. The molecular weight excluding hydrogens is 432 g/mol. The number of amides is 2. The Kier molecular flexibility index (Phi) is 6.91. The number of hydrogen-bond acceptors (Lipinski definition) is 4. The highest BCUT2D eigenvalue weighted by atomic mass is 16.5. The maximum atomic E-state index is 12.9. The van der Waals surface area contributed by atoms with Crippen molar-refractivity contribution in [3.8, 4) is 11.1 Å². The predicted octanol–water partition coefficient (Wildman–Crippen LogP) is 4.31. The van der Waals surface area contributed by atoms with Gasteiger partial charge in [0.15, 0.2) is 0 Å². The molecule has 0 heterocycles. The van der Waals surface area contributed by atoms with Gasteiger partial charge >= 0.3 is 12.1 Å². The third kappa shape index (κ3) is 5.24. The zero-order chi connectivity index (χ0) is 24.3. The summed E-state index contributed by atoms with van der Waals surface area (Å²) < 4.78 is 5.63. The van der Waals surface area contributed by atoms with Crippen LogP contribution in [0, 0.1) is 11.3 Å². The van der Waals surface area contributed by atoms with E-state index in [0.717, 1.165) is 41.5 Å². The lowest BCUT2D eigenvalue weighted by atomic mass is 9.79. The SMILES string of the molecule is CC(C)(CNC(=O)C(NC(=O)OCC1c2ccccc2-c2ccccc21)C1CCC1)CC(=O)O. The highest BCUT2D eigenvalue weighted by Gasteiger charge is 2.36. The number of benzene rings is 2. The van der Waals surface area contributed by atoms with Gasteiger partial charge in [-0.15, -0.1) is 0 Å². The number of carboxylic acid groups (broad SMARTS) is 1. The molecule has 1 unspecified atom stereocenters. The molecule has 7 nitrogen and oxygen atoms in total. The number of nitrogens with one attached hydrogen (secondary N) is 2. The van der Waals surface area contributed by atoms with Crippen molar-refractivity contribution in [1.29, 1.82) is 0 Å². The second-order valence-electron chi connectivity index (χ2n) is 10.1. The van der Waals surface area contributed by atoms with E-state index < -0.39 is 23.5 Å². The van der Waals surface area contributed by atoms with E-state index in [1.807, 2.05) is 24.3 Å². The van der Waals surface area contributed by atoms with Crippen molar-refractivity contribution >= 4 is 18.0 Å². The minimum atomic E-state index is -0.911. The van der Waals surface area contributed by atoms with Crippen molar-refractivity contribution < 1.29 is 24.2 Å². The summed E-state index contributed by atoms with van der Waals surface area (Å²) in [7, 11) is 0. The van der Waals surface area contributed by atoms with Gasteiger partial charge in [0.2, 0.25) is 5.91 Å². The van der Waals surface area contributed by atoms with Gasteiger partial charge in [-0.1, -0.05) is 68.8 Å². The summed E-state index contributed by atoms with van der Waals surface area (Å²) in [6, 6.07) is 15.6. The van der Waals surface area contributed by atoms with Crippen molar-refractivity contribution in [2.45, 2.75) is 51.5 Å². The molecule has 180 valence electrons. The van der Waals surface area contributed by atoms with Crippen LogP contribution in [-0.2, 0) is 14.3 Å². The van der Waals surface area contributed by atoms with Gasteiger partial charge in [-0.05, 0) is 46.4 Å². The molecule has 2 aliphatic carbocycles. The molecule has 0 aliphatic heterocycles.